The second-order valence-corrected chi connectivity index (χ2v) is 6.59. The van der Waals surface area contributed by atoms with Crippen molar-refractivity contribution in [2.24, 2.45) is 0 Å². The van der Waals surface area contributed by atoms with E-state index in [1.54, 1.807) is 12.1 Å². The number of anilines is 1. The molecule has 90 valence electrons. The zero-order valence-corrected chi connectivity index (χ0v) is 11.1. The molecule has 2 rings (SSSR count). The van der Waals surface area contributed by atoms with E-state index in [0.717, 1.165) is 16.5 Å². The van der Waals surface area contributed by atoms with Crippen molar-refractivity contribution >= 4 is 36.2 Å². The van der Waals surface area contributed by atoms with Crippen molar-refractivity contribution in [1.82, 2.24) is 0 Å². The Labute approximate surface area is 105 Å². The van der Waals surface area contributed by atoms with Crippen molar-refractivity contribution in [2.45, 2.75) is 4.90 Å². The standard InChI is InChI=1S/C12H12ClNO2S/c1-14(2)11-5-3-10-8-12(17(13,15)16)6-4-9(10)7-11/h3-8H,1-2H3. The molecule has 0 aromatic heterocycles. The Hall–Kier alpha value is -1.26. The summed E-state index contributed by atoms with van der Waals surface area (Å²) < 4.78 is 22.4. The average Bonchev–Trinajstić information content (AvgIpc) is 2.26. The van der Waals surface area contributed by atoms with E-state index < -0.39 is 9.05 Å². The van der Waals surface area contributed by atoms with Crippen LogP contribution in [0.25, 0.3) is 10.8 Å². The van der Waals surface area contributed by atoms with Crippen LogP contribution in [0.2, 0.25) is 0 Å². The fourth-order valence-corrected chi connectivity index (χ4v) is 2.43. The zero-order chi connectivity index (χ0) is 12.6. The molecule has 0 N–H and O–H groups in total. The number of fused-ring (bicyclic) bond motifs is 1. The molecule has 2 aromatic rings. The molecule has 0 atom stereocenters. The fourth-order valence-electron chi connectivity index (χ4n) is 1.64. The van der Waals surface area contributed by atoms with Crippen LogP contribution >= 0.6 is 10.7 Å². The molecule has 17 heavy (non-hydrogen) atoms. The highest BCUT2D eigenvalue weighted by atomic mass is 35.7. The predicted molar refractivity (Wildman–Crippen MR) is 71.3 cm³/mol. The molecule has 0 heterocycles. The van der Waals surface area contributed by atoms with Crippen LogP contribution in [0, 0.1) is 0 Å². The molecule has 0 unspecified atom stereocenters. The summed E-state index contributed by atoms with van der Waals surface area (Å²) in [4.78, 5) is 2.12. The molecule has 0 amide bonds. The van der Waals surface area contributed by atoms with Crippen molar-refractivity contribution in [3.63, 3.8) is 0 Å². The number of hydrogen-bond donors (Lipinski definition) is 0. The van der Waals surface area contributed by atoms with Crippen molar-refractivity contribution in [2.75, 3.05) is 19.0 Å². The molecule has 0 radical (unpaired) electrons. The van der Waals surface area contributed by atoms with E-state index in [0.29, 0.717) is 0 Å². The minimum absolute atomic E-state index is 0.129. The summed E-state index contributed by atoms with van der Waals surface area (Å²) in [6, 6.07) is 10.7. The third kappa shape index (κ3) is 2.53. The Balaban J connectivity index is 2.62. The maximum absolute atomic E-state index is 11.2. The lowest BCUT2D eigenvalue weighted by Gasteiger charge is -2.13. The van der Waals surface area contributed by atoms with Crippen LogP contribution in [0.5, 0.6) is 0 Å². The van der Waals surface area contributed by atoms with Gasteiger partial charge >= 0.3 is 0 Å². The van der Waals surface area contributed by atoms with Gasteiger partial charge in [0.25, 0.3) is 9.05 Å². The molecule has 0 fully saturated rings. The predicted octanol–water partition coefficient (Wildman–Crippen LogP) is 2.83. The second kappa shape index (κ2) is 4.20. The molecule has 3 nitrogen and oxygen atoms in total. The van der Waals surface area contributed by atoms with Gasteiger partial charge in [0, 0.05) is 30.5 Å². The van der Waals surface area contributed by atoms with E-state index in [9.17, 15) is 8.42 Å². The van der Waals surface area contributed by atoms with Crippen molar-refractivity contribution in [1.29, 1.82) is 0 Å². The number of hydrogen-bond acceptors (Lipinski definition) is 3. The molecule has 5 heteroatoms. The Bertz CT molecular complexity index is 665. The largest absolute Gasteiger partial charge is 0.378 e. The summed E-state index contributed by atoms with van der Waals surface area (Å²) in [7, 11) is 5.56. The SMILES string of the molecule is CN(C)c1ccc2cc(S(=O)(=O)Cl)ccc2c1. The van der Waals surface area contributed by atoms with Gasteiger partial charge in [-0.2, -0.15) is 0 Å². The lowest BCUT2D eigenvalue weighted by Crippen LogP contribution is -2.08. The van der Waals surface area contributed by atoms with Crippen LogP contribution in [0.3, 0.4) is 0 Å². The molecule has 0 aliphatic rings. The van der Waals surface area contributed by atoms with E-state index in [-0.39, 0.29) is 4.90 Å². The molecule has 2 aromatic carbocycles. The summed E-state index contributed by atoms with van der Waals surface area (Å²) in [6.07, 6.45) is 0. The van der Waals surface area contributed by atoms with Crippen LogP contribution in [0.15, 0.2) is 41.3 Å². The van der Waals surface area contributed by atoms with Crippen molar-refractivity contribution < 1.29 is 8.42 Å². The quantitative estimate of drug-likeness (QED) is 0.787. The number of nitrogens with zero attached hydrogens (tertiary/aromatic N) is 1. The highest BCUT2D eigenvalue weighted by Crippen LogP contribution is 2.25. The van der Waals surface area contributed by atoms with Gasteiger partial charge < -0.3 is 4.90 Å². The van der Waals surface area contributed by atoms with Gasteiger partial charge in [-0.25, -0.2) is 8.42 Å². The van der Waals surface area contributed by atoms with Crippen LogP contribution in [0.1, 0.15) is 0 Å². The Morgan fingerprint density at radius 3 is 2.18 bits per heavy atom. The molecular weight excluding hydrogens is 258 g/mol. The third-order valence-corrected chi connectivity index (χ3v) is 3.94. The van der Waals surface area contributed by atoms with Crippen LogP contribution in [-0.2, 0) is 9.05 Å². The third-order valence-electron chi connectivity index (χ3n) is 2.59. The fraction of sp³-hybridized carbons (Fsp3) is 0.167. The minimum atomic E-state index is -3.66. The first kappa shape index (κ1) is 12.2. The van der Waals surface area contributed by atoms with Crippen LogP contribution in [0.4, 0.5) is 5.69 Å². The first-order valence-corrected chi connectivity index (χ1v) is 7.35. The lowest BCUT2D eigenvalue weighted by atomic mass is 10.1. The average molecular weight is 270 g/mol. The molecular formula is C12H12ClNO2S. The first-order valence-electron chi connectivity index (χ1n) is 5.04. The molecule has 0 saturated heterocycles. The van der Waals surface area contributed by atoms with Crippen LogP contribution < -0.4 is 4.90 Å². The van der Waals surface area contributed by atoms with Gasteiger partial charge in [-0.1, -0.05) is 12.1 Å². The topological polar surface area (TPSA) is 37.4 Å². The summed E-state index contributed by atoms with van der Waals surface area (Å²) in [5.74, 6) is 0. The number of rotatable bonds is 2. The maximum atomic E-state index is 11.2. The lowest BCUT2D eigenvalue weighted by molar-refractivity contribution is 0.609. The van der Waals surface area contributed by atoms with E-state index in [1.807, 2.05) is 37.2 Å². The van der Waals surface area contributed by atoms with Gasteiger partial charge in [0.1, 0.15) is 0 Å². The Morgan fingerprint density at radius 2 is 1.59 bits per heavy atom. The smallest absolute Gasteiger partial charge is 0.261 e. The number of halogens is 1. The van der Waals surface area contributed by atoms with Gasteiger partial charge in [0.05, 0.1) is 4.90 Å². The van der Waals surface area contributed by atoms with Gasteiger partial charge in [-0.15, -0.1) is 0 Å². The molecule has 0 saturated carbocycles. The van der Waals surface area contributed by atoms with E-state index in [1.165, 1.54) is 6.07 Å². The summed E-state index contributed by atoms with van der Waals surface area (Å²) in [5, 5.41) is 1.84. The normalized spacial score (nSPS) is 11.7. The molecule has 0 aliphatic heterocycles. The van der Waals surface area contributed by atoms with Crippen molar-refractivity contribution in [3.05, 3.63) is 36.4 Å². The molecule has 0 bridgehead atoms. The second-order valence-electron chi connectivity index (χ2n) is 4.03. The summed E-state index contributed by atoms with van der Waals surface area (Å²) in [6.45, 7) is 0. The highest BCUT2D eigenvalue weighted by Gasteiger charge is 2.10. The van der Waals surface area contributed by atoms with Gasteiger partial charge in [-0.3, -0.25) is 0 Å². The van der Waals surface area contributed by atoms with E-state index in [4.69, 9.17) is 10.7 Å². The van der Waals surface area contributed by atoms with Gasteiger partial charge in [-0.05, 0) is 35.0 Å². The highest BCUT2D eigenvalue weighted by molar-refractivity contribution is 8.13. The number of benzene rings is 2. The molecule has 0 aliphatic carbocycles. The monoisotopic (exact) mass is 269 g/mol. The Morgan fingerprint density at radius 1 is 1.00 bits per heavy atom. The summed E-state index contributed by atoms with van der Waals surface area (Å²) >= 11 is 0. The van der Waals surface area contributed by atoms with Gasteiger partial charge in [0.2, 0.25) is 0 Å². The minimum Gasteiger partial charge on any atom is -0.378 e. The van der Waals surface area contributed by atoms with Gasteiger partial charge in [0.15, 0.2) is 0 Å². The zero-order valence-electron chi connectivity index (χ0n) is 9.51. The Kier molecular flexibility index (Phi) is 3.02. The van der Waals surface area contributed by atoms with E-state index >= 15 is 0 Å². The first-order chi connectivity index (χ1) is 7.88. The van der Waals surface area contributed by atoms with Crippen molar-refractivity contribution in [3.8, 4) is 0 Å². The maximum Gasteiger partial charge on any atom is 0.261 e. The summed E-state index contributed by atoms with van der Waals surface area (Å²) in [5.41, 5.74) is 1.07. The molecule has 0 spiro atoms. The van der Waals surface area contributed by atoms with Crippen LogP contribution in [-0.4, -0.2) is 22.5 Å². The van der Waals surface area contributed by atoms with E-state index in [2.05, 4.69) is 0 Å².